The molecule has 0 heterocycles. The maximum absolute atomic E-state index is 2.32. The average Bonchev–Trinajstić information content (AvgIpc) is 3.51. The first-order chi connectivity index (χ1) is 38.5. The van der Waals surface area contributed by atoms with Gasteiger partial charge in [0.2, 0.25) is 0 Å². The lowest BCUT2D eigenvalue weighted by Crippen LogP contribution is -2.10. The van der Waals surface area contributed by atoms with Crippen molar-refractivity contribution in [3.8, 4) is 33.4 Å². The molecule has 12 aromatic carbocycles. The Kier molecular flexibility index (Phi) is 14.0. The summed E-state index contributed by atoms with van der Waals surface area (Å²) < 4.78 is 0. The summed E-state index contributed by atoms with van der Waals surface area (Å²) in [6.45, 7) is 4.28. The van der Waals surface area contributed by atoms with Gasteiger partial charge in [0.05, 0.1) is 0 Å². The van der Waals surface area contributed by atoms with Gasteiger partial charge in [-0.2, -0.15) is 0 Å². The second kappa shape index (κ2) is 22.4. The van der Waals surface area contributed by atoms with Crippen LogP contribution in [0.2, 0.25) is 0 Å². The van der Waals surface area contributed by atoms with Crippen LogP contribution in [-0.2, 0) is 0 Å². The predicted octanol–water partition coefficient (Wildman–Crippen LogP) is 21.2. The number of benzene rings is 12. The molecular weight excluding hydrogens is 945 g/mol. The molecule has 0 spiro atoms. The minimum absolute atomic E-state index is 1.09. The highest BCUT2D eigenvalue weighted by molar-refractivity contribution is 5.84. The summed E-state index contributed by atoms with van der Waals surface area (Å²) in [6.07, 6.45) is 0. The van der Waals surface area contributed by atoms with Gasteiger partial charge in [-0.15, -0.1) is 0 Å². The average molecular weight is 1000 g/mol. The third-order valence-electron chi connectivity index (χ3n) is 14.3. The van der Waals surface area contributed by atoms with Crippen molar-refractivity contribution in [2.75, 3.05) is 19.6 Å². The van der Waals surface area contributed by atoms with E-state index >= 15 is 0 Å². The van der Waals surface area contributed by atoms with Crippen LogP contribution < -0.4 is 19.6 Å². The standard InChI is InChI=1S/C74H58N4/c1-55-17-15-27-73(53-55)77(65-23-11-5-12-24-65)71-49-37-61(38-50-71)59-33-45-69(46-34-59)75(63-19-7-3-8-20-63)67-41-29-57(30-42-67)58-31-43-68(44-32-58)76(64-21-9-4-10-22-64)70-47-35-60(36-48-70)62-39-51-72(52-40-62)78(66-25-13-6-14-26-66)74-28-16-18-56(2)54-74/h3-54H,1-2H3. The fourth-order valence-electron chi connectivity index (χ4n) is 10.4. The molecule has 4 heteroatoms. The first kappa shape index (κ1) is 48.8. The molecule has 0 amide bonds. The van der Waals surface area contributed by atoms with Crippen LogP contribution in [0.15, 0.2) is 315 Å². The van der Waals surface area contributed by atoms with Gasteiger partial charge in [-0.05, 0) is 204 Å². The molecule has 0 aromatic heterocycles. The minimum atomic E-state index is 1.09. The predicted molar refractivity (Wildman–Crippen MR) is 331 cm³/mol. The second-order valence-electron chi connectivity index (χ2n) is 19.6. The van der Waals surface area contributed by atoms with Crippen LogP contribution in [0.4, 0.5) is 68.2 Å². The summed E-state index contributed by atoms with van der Waals surface area (Å²) in [7, 11) is 0. The number of hydrogen-bond donors (Lipinski definition) is 0. The summed E-state index contributed by atoms with van der Waals surface area (Å²) in [5, 5.41) is 0. The molecule has 0 radical (unpaired) electrons. The molecule has 374 valence electrons. The Bertz CT molecular complexity index is 3610. The zero-order chi connectivity index (χ0) is 52.6. The Morgan fingerprint density at radius 3 is 0.513 bits per heavy atom. The van der Waals surface area contributed by atoms with Crippen LogP contribution in [0.5, 0.6) is 0 Å². The largest absolute Gasteiger partial charge is 0.311 e. The van der Waals surface area contributed by atoms with Crippen LogP contribution in [0, 0.1) is 13.8 Å². The van der Waals surface area contributed by atoms with Gasteiger partial charge in [-0.1, -0.05) is 170 Å². The molecule has 0 aliphatic rings. The minimum Gasteiger partial charge on any atom is -0.311 e. The van der Waals surface area contributed by atoms with Gasteiger partial charge < -0.3 is 19.6 Å². The number of anilines is 12. The lowest BCUT2D eigenvalue weighted by atomic mass is 10.0. The van der Waals surface area contributed by atoms with E-state index in [1.54, 1.807) is 0 Å². The van der Waals surface area contributed by atoms with Gasteiger partial charge in [0.15, 0.2) is 0 Å². The SMILES string of the molecule is Cc1cccc(N(c2ccccc2)c2ccc(-c3ccc(N(c4ccccc4)c4ccc(-c5ccc(N(c6ccccc6)c6ccc(-c7ccc(N(c8ccccc8)c8cccc(C)c8)cc7)cc6)cc5)cc4)cc3)cc2)c1. The highest BCUT2D eigenvalue weighted by Gasteiger charge is 2.18. The maximum atomic E-state index is 2.32. The van der Waals surface area contributed by atoms with Crippen molar-refractivity contribution in [2.24, 2.45) is 0 Å². The monoisotopic (exact) mass is 1000 g/mol. The smallest absolute Gasteiger partial charge is 0.0464 e. The van der Waals surface area contributed by atoms with E-state index in [-0.39, 0.29) is 0 Å². The van der Waals surface area contributed by atoms with E-state index < -0.39 is 0 Å². The Labute approximate surface area is 459 Å². The molecular formula is C74H58N4. The van der Waals surface area contributed by atoms with Crippen molar-refractivity contribution in [1.82, 2.24) is 0 Å². The summed E-state index contributed by atoms with van der Waals surface area (Å²) >= 11 is 0. The van der Waals surface area contributed by atoms with Gasteiger partial charge in [-0.25, -0.2) is 0 Å². The molecule has 0 atom stereocenters. The molecule has 0 aliphatic carbocycles. The van der Waals surface area contributed by atoms with Crippen molar-refractivity contribution in [2.45, 2.75) is 13.8 Å². The number of aryl methyl sites for hydroxylation is 2. The highest BCUT2D eigenvalue weighted by Crippen LogP contribution is 2.42. The second-order valence-corrected chi connectivity index (χ2v) is 19.6. The summed E-state index contributed by atoms with van der Waals surface area (Å²) in [5.74, 6) is 0. The quantitative estimate of drug-likeness (QED) is 0.101. The van der Waals surface area contributed by atoms with Crippen LogP contribution in [0.3, 0.4) is 0 Å². The van der Waals surface area contributed by atoms with E-state index in [0.29, 0.717) is 0 Å². The summed E-state index contributed by atoms with van der Waals surface area (Å²) in [4.78, 5) is 9.27. The Balaban J connectivity index is 0.773. The third kappa shape index (κ3) is 10.6. The van der Waals surface area contributed by atoms with Crippen molar-refractivity contribution in [3.05, 3.63) is 327 Å². The van der Waals surface area contributed by atoms with Crippen LogP contribution in [0.1, 0.15) is 11.1 Å². The molecule has 0 unspecified atom stereocenters. The van der Waals surface area contributed by atoms with Crippen molar-refractivity contribution >= 4 is 68.2 Å². The fraction of sp³-hybridized carbons (Fsp3) is 0.0270. The number of rotatable bonds is 15. The highest BCUT2D eigenvalue weighted by atomic mass is 15.2. The van der Waals surface area contributed by atoms with E-state index in [4.69, 9.17) is 0 Å². The van der Waals surface area contributed by atoms with E-state index in [2.05, 4.69) is 349 Å². The Morgan fingerprint density at radius 2 is 0.321 bits per heavy atom. The molecule has 78 heavy (non-hydrogen) atoms. The summed E-state index contributed by atoms with van der Waals surface area (Å²) in [6, 6.07) is 113. The van der Waals surface area contributed by atoms with E-state index in [1.807, 2.05) is 0 Å². The van der Waals surface area contributed by atoms with Gasteiger partial charge in [0.25, 0.3) is 0 Å². The number of hydrogen-bond acceptors (Lipinski definition) is 4. The third-order valence-corrected chi connectivity index (χ3v) is 14.3. The normalized spacial score (nSPS) is 10.9. The molecule has 12 aromatic rings. The molecule has 12 rings (SSSR count). The maximum Gasteiger partial charge on any atom is 0.0464 e. The van der Waals surface area contributed by atoms with Gasteiger partial charge in [0, 0.05) is 68.2 Å². The van der Waals surface area contributed by atoms with Crippen LogP contribution in [-0.4, -0.2) is 0 Å². The van der Waals surface area contributed by atoms with Gasteiger partial charge >= 0.3 is 0 Å². The first-order valence-corrected chi connectivity index (χ1v) is 26.6. The number of nitrogens with zero attached hydrogens (tertiary/aromatic N) is 4. The van der Waals surface area contributed by atoms with Crippen molar-refractivity contribution in [1.29, 1.82) is 0 Å². The van der Waals surface area contributed by atoms with Gasteiger partial charge in [-0.3, -0.25) is 0 Å². The molecule has 0 N–H and O–H groups in total. The molecule has 4 nitrogen and oxygen atoms in total. The topological polar surface area (TPSA) is 13.0 Å². The molecule has 0 saturated heterocycles. The summed E-state index contributed by atoms with van der Waals surface area (Å²) in [5.41, 5.74) is 22.7. The van der Waals surface area contributed by atoms with E-state index in [1.165, 1.54) is 11.1 Å². The molecule has 0 bridgehead atoms. The Hall–Kier alpha value is -10.2. The zero-order valence-corrected chi connectivity index (χ0v) is 43.8. The molecule has 0 aliphatic heterocycles. The van der Waals surface area contributed by atoms with E-state index in [0.717, 1.165) is 102 Å². The molecule has 0 fully saturated rings. The fourth-order valence-corrected chi connectivity index (χ4v) is 10.4. The van der Waals surface area contributed by atoms with Crippen molar-refractivity contribution in [3.63, 3.8) is 0 Å². The van der Waals surface area contributed by atoms with Crippen molar-refractivity contribution < 1.29 is 0 Å². The first-order valence-electron chi connectivity index (χ1n) is 26.6. The number of para-hydroxylation sites is 4. The van der Waals surface area contributed by atoms with Crippen LogP contribution >= 0.6 is 0 Å². The Morgan fingerprint density at radius 1 is 0.154 bits per heavy atom. The zero-order valence-electron chi connectivity index (χ0n) is 43.8. The lowest BCUT2D eigenvalue weighted by molar-refractivity contribution is 1.27. The van der Waals surface area contributed by atoms with Crippen LogP contribution in [0.25, 0.3) is 33.4 Å². The van der Waals surface area contributed by atoms with E-state index in [9.17, 15) is 0 Å². The lowest BCUT2D eigenvalue weighted by Gasteiger charge is -2.27. The van der Waals surface area contributed by atoms with Gasteiger partial charge in [0.1, 0.15) is 0 Å². The molecule has 0 saturated carbocycles.